The Balaban J connectivity index is 1.63. The maximum atomic E-state index is 12.0. The molecule has 0 aliphatic carbocycles. The molecule has 1 saturated heterocycles. The normalized spacial score (nSPS) is 17.8. The molecular formula is C20H32N2O2. The summed E-state index contributed by atoms with van der Waals surface area (Å²) >= 11 is 0. The Morgan fingerprint density at radius 1 is 1.25 bits per heavy atom. The predicted octanol–water partition coefficient (Wildman–Crippen LogP) is 2.98. The first-order valence-corrected chi connectivity index (χ1v) is 9.26. The van der Waals surface area contributed by atoms with Crippen molar-refractivity contribution < 1.29 is 9.90 Å². The Morgan fingerprint density at radius 2 is 1.92 bits per heavy atom. The molecule has 4 heteroatoms. The predicted molar refractivity (Wildman–Crippen MR) is 97.6 cm³/mol. The molecule has 1 aliphatic heterocycles. The van der Waals surface area contributed by atoms with Crippen molar-refractivity contribution in [2.45, 2.75) is 45.6 Å². The van der Waals surface area contributed by atoms with Crippen molar-refractivity contribution in [1.29, 1.82) is 0 Å². The lowest BCUT2D eigenvalue weighted by molar-refractivity contribution is -0.123. The van der Waals surface area contributed by atoms with Gasteiger partial charge in [0.05, 0.1) is 12.5 Å². The average molecular weight is 332 g/mol. The highest BCUT2D eigenvalue weighted by Crippen LogP contribution is 2.18. The van der Waals surface area contributed by atoms with Crippen molar-refractivity contribution in [1.82, 2.24) is 10.2 Å². The highest BCUT2D eigenvalue weighted by Gasteiger charge is 2.20. The van der Waals surface area contributed by atoms with E-state index in [1.54, 1.807) is 0 Å². The number of benzene rings is 1. The van der Waals surface area contributed by atoms with Crippen LogP contribution in [0, 0.1) is 11.8 Å². The Labute approximate surface area is 146 Å². The van der Waals surface area contributed by atoms with Gasteiger partial charge in [0.25, 0.3) is 0 Å². The molecule has 4 nitrogen and oxygen atoms in total. The fourth-order valence-corrected chi connectivity index (χ4v) is 3.15. The van der Waals surface area contributed by atoms with Crippen LogP contribution in [-0.2, 0) is 4.79 Å². The molecular weight excluding hydrogens is 300 g/mol. The summed E-state index contributed by atoms with van der Waals surface area (Å²) in [6.07, 6.45) is 2.99. The van der Waals surface area contributed by atoms with E-state index in [4.69, 9.17) is 0 Å². The SMILES string of the molecule is CC(C)CCN1CCC(CNC(=O)CC(O)c2ccccc2)CC1. The minimum absolute atomic E-state index is 0.0615. The lowest BCUT2D eigenvalue weighted by atomic mass is 9.96. The number of aliphatic hydroxyl groups is 1. The number of rotatable bonds is 8. The van der Waals surface area contributed by atoms with E-state index in [0.29, 0.717) is 5.92 Å². The van der Waals surface area contributed by atoms with Gasteiger partial charge in [-0.3, -0.25) is 4.79 Å². The van der Waals surface area contributed by atoms with E-state index in [1.165, 1.54) is 13.0 Å². The molecule has 1 aromatic carbocycles. The van der Waals surface area contributed by atoms with E-state index in [0.717, 1.165) is 44.0 Å². The summed E-state index contributed by atoms with van der Waals surface area (Å²) in [5, 5.41) is 13.1. The summed E-state index contributed by atoms with van der Waals surface area (Å²) in [6, 6.07) is 9.37. The van der Waals surface area contributed by atoms with Crippen LogP contribution in [0.1, 0.15) is 51.2 Å². The summed E-state index contributed by atoms with van der Waals surface area (Å²) in [4.78, 5) is 14.6. The summed E-state index contributed by atoms with van der Waals surface area (Å²) in [7, 11) is 0. The standard InChI is InChI=1S/C20H32N2O2/c1-16(2)8-11-22-12-9-17(10-13-22)15-21-20(24)14-19(23)18-6-4-3-5-7-18/h3-7,16-17,19,23H,8-15H2,1-2H3,(H,21,24). The lowest BCUT2D eigenvalue weighted by Crippen LogP contribution is -2.39. The van der Waals surface area contributed by atoms with E-state index < -0.39 is 6.10 Å². The Kier molecular flexibility index (Phi) is 7.73. The molecule has 1 aromatic rings. The quantitative estimate of drug-likeness (QED) is 0.769. The van der Waals surface area contributed by atoms with Gasteiger partial charge in [0.15, 0.2) is 0 Å². The third-order valence-electron chi connectivity index (χ3n) is 4.88. The lowest BCUT2D eigenvalue weighted by Gasteiger charge is -2.32. The van der Waals surface area contributed by atoms with E-state index in [9.17, 15) is 9.90 Å². The van der Waals surface area contributed by atoms with Crippen LogP contribution in [0.2, 0.25) is 0 Å². The third kappa shape index (κ3) is 6.62. The van der Waals surface area contributed by atoms with Gasteiger partial charge < -0.3 is 15.3 Å². The third-order valence-corrected chi connectivity index (χ3v) is 4.88. The first-order chi connectivity index (χ1) is 11.5. The number of piperidine rings is 1. The molecule has 0 bridgehead atoms. The monoisotopic (exact) mass is 332 g/mol. The van der Waals surface area contributed by atoms with E-state index in [1.807, 2.05) is 30.3 Å². The first kappa shape index (κ1) is 18.9. The zero-order valence-electron chi connectivity index (χ0n) is 15.1. The summed E-state index contributed by atoms with van der Waals surface area (Å²) < 4.78 is 0. The van der Waals surface area contributed by atoms with Gasteiger partial charge in [-0.2, -0.15) is 0 Å². The number of carbonyl (C=O) groups is 1. The van der Waals surface area contributed by atoms with Crippen molar-refractivity contribution in [2.24, 2.45) is 11.8 Å². The molecule has 2 N–H and O–H groups in total. The molecule has 0 spiro atoms. The van der Waals surface area contributed by atoms with Crippen molar-refractivity contribution in [3.05, 3.63) is 35.9 Å². The zero-order valence-corrected chi connectivity index (χ0v) is 15.1. The van der Waals surface area contributed by atoms with Crippen LogP contribution in [0.25, 0.3) is 0 Å². The van der Waals surface area contributed by atoms with Gasteiger partial charge in [-0.05, 0) is 56.3 Å². The van der Waals surface area contributed by atoms with E-state index in [2.05, 4.69) is 24.1 Å². The highest BCUT2D eigenvalue weighted by atomic mass is 16.3. The van der Waals surface area contributed by atoms with Gasteiger partial charge in [-0.1, -0.05) is 44.2 Å². The Morgan fingerprint density at radius 3 is 2.54 bits per heavy atom. The highest BCUT2D eigenvalue weighted by molar-refractivity contribution is 5.76. The molecule has 1 aliphatic rings. The van der Waals surface area contributed by atoms with Crippen LogP contribution in [0.15, 0.2) is 30.3 Å². The fourth-order valence-electron chi connectivity index (χ4n) is 3.15. The number of likely N-dealkylation sites (tertiary alicyclic amines) is 1. The van der Waals surface area contributed by atoms with Crippen molar-refractivity contribution in [3.8, 4) is 0 Å². The van der Waals surface area contributed by atoms with Crippen LogP contribution < -0.4 is 5.32 Å². The van der Waals surface area contributed by atoms with Crippen LogP contribution in [0.3, 0.4) is 0 Å². The second-order valence-corrected chi connectivity index (χ2v) is 7.40. The maximum Gasteiger partial charge on any atom is 0.222 e. The van der Waals surface area contributed by atoms with E-state index in [-0.39, 0.29) is 12.3 Å². The molecule has 1 amide bonds. The number of carbonyl (C=O) groups excluding carboxylic acids is 1. The largest absolute Gasteiger partial charge is 0.388 e. The summed E-state index contributed by atoms with van der Waals surface area (Å²) in [6.45, 7) is 8.75. The molecule has 0 aromatic heterocycles. The Bertz CT molecular complexity index is 482. The van der Waals surface area contributed by atoms with Crippen molar-refractivity contribution in [2.75, 3.05) is 26.2 Å². The summed E-state index contributed by atoms with van der Waals surface area (Å²) in [5.74, 6) is 1.27. The van der Waals surface area contributed by atoms with Crippen LogP contribution in [0.4, 0.5) is 0 Å². The van der Waals surface area contributed by atoms with Crippen LogP contribution >= 0.6 is 0 Å². The molecule has 1 fully saturated rings. The molecule has 24 heavy (non-hydrogen) atoms. The topological polar surface area (TPSA) is 52.6 Å². The van der Waals surface area contributed by atoms with Crippen LogP contribution in [-0.4, -0.2) is 42.1 Å². The molecule has 0 radical (unpaired) electrons. The molecule has 1 atom stereocenters. The van der Waals surface area contributed by atoms with Gasteiger partial charge in [-0.15, -0.1) is 0 Å². The molecule has 0 saturated carbocycles. The zero-order chi connectivity index (χ0) is 17.4. The second kappa shape index (κ2) is 9.80. The van der Waals surface area contributed by atoms with E-state index >= 15 is 0 Å². The fraction of sp³-hybridized carbons (Fsp3) is 0.650. The van der Waals surface area contributed by atoms with Crippen molar-refractivity contribution >= 4 is 5.91 Å². The minimum atomic E-state index is -0.718. The first-order valence-electron chi connectivity index (χ1n) is 9.26. The smallest absolute Gasteiger partial charge is 0.222 e. The van der Waals surface area contributed by atoms with Crippen molar-refractivity contribution in [3.63, 3.8) is 0 Å². The number of amides is 1. The number of aliphatic hydroxyl groups excluding tert-OH is 1. The summed E-state index contributed by atoms with van der Waals surface area (Å²) in [5.41, 5.74) is 0.797. The maximum absolute atomic E-state index is 12.0. The van der Waals surface area contributed by atoms with Gasteiger partial charge in [0, 0.05) is 6.54 Å². The van der Waals surface area contributed by atoms with Crippen LogP contribution in [0.5, 0.6) is 0 Å². The average Bonchev–Trinajstić information content (AvgIpc) is 2.59. The number of hydrogen-bond acceptors (Lipinski definition) is 3. The second-order valence-electron chi connectivity index (χ2n) is 7.40. The van der Waals surface area contributed by atoms with Gasteiger partial charge in [0.2, 0.25) is 5.91 Å². The molecule has 1 unspecified atom stereocenters. The number of hydrogen-bond donors (Lipinski definition) is 2. The molecule has 2 rings (SSSR count). The Hall–Kier alpha value is -1.39. The number of nitrogens with one attached hydrogen (secondary N) is 1. The molecule has 134 valence electrons. The van der Waals surface area contributed by atoms with Gasteiger partial charge >= 0.3 is 0 Å². The minimum Gasteiger partial charge on any atom is -0.388 e. The number of nitrogens with zero attached hydrogens (tertiary/aromatic N) is 1. The van der Waals surface area contributed by atoms with Gasteiger partial charge in [-0.25, -0.2) is 0 Å². The van der Waals surface area contributed by atoms with Gasteiger partial charge in [0.1, 0.15) is 0 Å². The molecule has 1 heterocycles.